The van der Waals surface area contributed by atoms with Crippen molar-refractivity contribution >= 4 is 15.8 Å². The van der Waals surface area contributed by atoms with Gasteiger partial charge in [0.05, 0.1) is 0 Å². The maximum atomic E-state index is 9.39. The summed E-state index contributed by atoms with van der Waals surface area (Å²) in [4.78, 5) is 9.39. The first-order valence-electron chi connectivity index (χ1n) is 1.52. The van der Waals surface area contributed by atoms with Gasteiger partial charge in [0.25, 0.3) is 0 Å². The van der Waals surface area contributed by atoms with Crippen LogP contribution in [0.5, 0.6) is 0 Å². The van der Waals surface area contributed by atoms with Crippen LogP contribution in [0.2, 0.25) is 6.55 Å². The van der Waals surface area contributed by atoms with E-state index in [-0.39, 0.29) is 0 Å². The van der Waals surface area contributed by atoms with E-state index in [1.165, 1.54) is 0 Å². The fourth-order valence-corrected chi connectivity index (χ4v) is 0.305. The molecule has 1 nitrogen and oxygen atoms in total. The molecule has 0 aromatic rings. The van der Waals surface area contributed by atoms with Gasteiger partial charge in [-0.2, -0.15) is 0 Å². The number of rotatable bonds is 0. The number of hydrogen-bond acceptors (Lipinski definition) is 1. The van der Waals surface area contributed by atoms with Crippen LogP contribution in [0, 0.1) is 11.5 Å². The largest absolute Gasteiger partial charge is 0.289 e. The van der Waals surface area contributed by atoms with E-state index in [1.807, 2.05) is 6.55 Å². The number of hydrogen-bond donors (Lipinski definition) is 0. The van der Waals surface area contributed by atoms with Gasteiger partial charge in [-0.25, -0.2) is 0 Å². The number of carbonyl (C=O) groups excluding carboxylic acids is 1. The lowest BCUT2D eigenvalue weighted by molar-refractivity contribution is -0.103. The van der Waals surface area contributed by atoms with Gasteiger partial charge in [-0.05, 0) is 5.92 Å². The molecule has 30 valence electrons. The third-order valence-electron chi connectivity index (χ3n) is 0.256. The average molecular weight is 96.2 g/mol. The van der Waals surface area contributed by atoms with E-state index in [9.17, 15) is 4.79 Å². The first kappa shape index (κ1) is 5.45. The monoisotopic (exact) mass is 96.0 g/mol. The molecule has 0 aliphatic carbocycles. The summed E-state index contributed by atoms with van der Waals surface area (Å²) in [5.74, 6) is 2.28. The Morgan fingerprint density at radius 2 is 2.50 bits per heavy atom. The van der Waals surface area contributed by atoms with Crippen molar-refractivity contribution in [2.75, 3.05) is 0 Å². The molecule has 0 aliphatic rings. The Bertz CT molecular complexity index is 87.5. The topological polar surface area (TPSA) is 17.1 Å². The highest BCUT2D eigenvalue weighted by Gasteiger charge is 1.57. The lowest BCUT2D eigenvalue weighted by atomic mass is 10.8. The molecule has 0 atom stereocenters. The molecule has 2 heteroatoms. The standard InChI is InChI=1S/C4H4OSi/c1-6-4-2-3-5/h3H,1H3. The van der Waals surface area contributed by atoms with Crippen LogP contribution in [0.25, 0.3) is 0 Å². The van der Waals surface area contributed by atoms with Crippen LogP contribution < -0.4 is 0 Å². The molecule has 0 fully saturated rings. The zero-order valence-electron chi connectivity index (χ0n) is 3.49. The molecule has 0 rings (SSSR count). The SMILES string of the molecule is C[Si]C#CC=O. The van der Waals surface area contributed by atoms with Crippen molar-refractivity contribution < 1.29 is 4.79 Å². The molecule has 0 aromatic heterocycles. The van der Waals surface area contributed by atoms with Crippen molar-refractivity contribution in [2.24, 2.45) is 0 Å². The summed E-state index contributed by atoms with van der Waals surface area (Å²) >= 11 is 0. The fourth-order valence-electron chi connectivity index (χ4n) is 0.102. The van der Waals surface area contributed by atoms with Crippen LogP contribution in [0.15, 0.2) is 0 Å². The van der Waals surface area contributed by atoms with E-state index in [0.717, 1.165) is 0 Å². The third-order valence-corrected chi connectivity index (χ3v) is 0.650. The summed E-state index contributed by atoms with van der Waals surface area (Å²) in [6.07, 6.45) is 0.608. The van der Waals surface area contributed by atoms with E-state index in [1.54, 1.807) is 0 Å². The molecule has 2 radical (unpaired) electrons. The van der Waals surface area contributed by atoms with Gasteiger partial charge in [0.2, 0.25) is 0 Å². The summed E-state index contributed by atoms with van der Waals surface area (Å²) in [5, 5.41) is 0. The van der Waals surface area contributed by atoms with E-state index < -0.39 is 0 Å². The highest BCUT2D eigenvalue weighted by atomic mass is 28.2. The van der Waals surface area contributed by atoms with E-state index in [0.29, 0.717) is 15.8 Å². The molecule has 0 saturated heterocycles. The summed E-state index contributed by atoms with van der Waals surface area (Å²) in [5.41, 5.74) is 2.61. The zero-order chi connectivity index (χ0) is 4.83. The second-order valence-electron chi connectivity index (χ2n) is 0.637. The fraction of sp³-hybridized carbons (Fsp3) is 0.250. The van der Waals surface area contributed by atoms with Crippen molar-refractivity contribution in [1.29, 1.82) is 0 Å². The van der Waals surface area contributed by atoms with Gasteiger partial charge in [0.1, 0.15) is 9.52 Å². The Kier molecular flexibility index (Phi) is 4.04. The Balaban J connectivity index is 3.13. The second-order valence-corrected chi connectivity index (χ2v) is 1.39. The average Bonchev–Trinajstić information content (AvgIpc) is 1.61. The Morgan fingerprint density at radius 1 is 1.83 bits per heavy atom. The molecule has 6 heavy (non-hydrogen) atoms. The van der Waals surface area contributed by atoms with Crippen LogP contribution in [0.1, 0.15) is 0 Å². The van der Waals surface area contributed by atoms with E-state index >= 15 is 0 Å². The van der Waals surface area contributed by atoms with Crippen LogP contribution in [-0.4, -0.2) is 15.8 Å². The predicted octanol–water partition coefficient (Wildman–Crippen LogP) is -0.102. The van der Waals surface area contributed by atoms with Crippen molar-refractivity contribution in [3.63, 3.8) is 0 Å². The molecule has 0 spiro atoms. The summed E-state index contributed by atoms with van der Waals surface area (Å²) in [6.45, 7) is 1.93. The zero-order valence-corrected chi connectivity index (χ0v) is 4.49. The first-order valence-corrected chi connectivity index (χ1v) is 3.02. The smallest absolute Gasteiger partial charge is 0.192 e. The van der Waals surface area contributed by atoms with Gasteiger partial charge in [0.15, 0.2) is 6.29 Å². The van der Waals surface area contributed by atoms with Crippen LogP contribution in [0.3, 0.4) is 0 Å². The molecule has 0 amide bonds. The van der Waals surface area contributed by atoms with Gasteiger partial charge in [-0.3, -0.25) is 4.79 Å². The maximum absolute atomic E-state index is 9.39. The number of carbonyl (C=O) groups is 1. The molecular weight excluding hydrogens is 92.1 g/mol. The summed E-state index contributed by atoms with van der Waals surface area (Å²) < 4.78 is 0. The van der Waals surface area contributed by atoms with Crippen LogP contribution in [-0.2, 0) is 4.79 Å². The lowest BCUT2D eigenvalue weighted by Gasteiger charge is -1.55. The predicted molar refractivity (Wildman–Crippen MR) is 25.5 cm³/mol. The van der Waals surface area contributed by atoms with Gasteiger partial charge < -0.3 is 0 Å². The van der Waals surface area contributed by atoms with Crippen molar-refractivity contribution in [1.82, 2.24) is 0 Å². The summed E-state index contributed by atoms with van der Waals surface area (Å²) in [7, 11) is 0.572. The minimum Gasteiger partial charge on any atom is -0.289 e. The molecule has 0 aromatic carbocycles. The highest BCUT2D eigenvalue weighted by molar-refractivity contribution is 6.44. The number of aldehydes is 1. The first-order chi connectivity index (χ1) is 2.91. The van der Waals surface area contributed by atoms with Crippen LogP contribution >= 0.6 is 0 Å². The molecule has 0 unspecified atom stereocenters. The van der Waals surface area contributed by atoms with Crippen molar-refractivity contribution in [2.45, 2.75) is 6.55 Å². The normalized spacial score (nSPS) is 5.50. The van der Waals surface area contributed by atoms with Gasteiger partial charge in [0, 0.05) is 0 Å². The maximum Gasteiger partial charge on any atom is 0.192 e. The van der Waals surface area contributed by atoms with Gasteiger partial charge in [-0.1, -0.05) is 6.55 Å². The minimum atomic E-state index is 0.572. The molecular formula is C4H4OSi. The quantitative estimate of drug-likeness (QED) is 0.234. The molecule has 0 bridgehead atoms. The van der Waals surface area contributed by atoms with Crippen molar-refractivity contribution in [3.8, 4) is 11.5 Å². The van der Waals surface area contributed by atoms with Gasteiger partial charge in [-0.15, -0.1) is 5.54 Å². The van der Waals surface area contributed by atoms with E-state index in [4.69, 9.17) is 0 Å². The lowest BCUT2D eigenvalue weighted by Crippen LogP contribution is -1.69. The molecule has 0 aliphatic heterocycles. The van der Waals surface area contributed by atoms with Gasteiger partial charge >= 0.3 is 0 Å². The molecule has 0 N–H and O–H groups in total. The second kappa shape index (κ2) is 4.45. The minimum absolute atomic E-state index is 0.572. The molecule has 0 heterocycles. The third kappa shape index (κ3) is 3.45. The van der Waals surface area contributed by atoms with Crippen molar-refractivity contribution in [3.05, 3.63) is 0 Å². The van der Waals surface area contributed by atoms with E-state index in [2.05, 4.69) is 11.5 Å². The Hall–Kier alpha value is -0.553. The summed E-state index contributed by atoms with van der Waals surface area (Å²) in [6, 6.07) is 0. The highest BCUT2D eigenvalue weighted by Crippen LogP contribution is 1.45. The van der Waals surface area contributed by atoms with Crippen LogP contribution in [0.4, 0.5) is 0 Å². The Morgan fingerprint density at radius 3 is 2.67 bits per heavy atom. The molecule has 0 saturated carbocycles. The Labute approximate surface area is 39.6 Å².